The van der Waals surface area contributed by atoms with Gasteiger partial charge in [0.2, 0.25) is 0 Å². The third-order valence-electron chi connectivity index (χ3n) is 14.3. The summed E-state index contributed by atoms with van der Waals surface area (Å²) in [6.07, 6.45) is 88.5. The van der Waals surface area contributed by atoms with E-state index in [2.05, 4.69) is 118 Å². The monoisotopic (exact) mass is 1080 g/mol. The van der Waals surface area contributed by atoms with Gasteiger partial charge in [-0.1, -0.05) is 298 Å². The highest BCUT2D eigenvalue weighted by atomic mass is 16.6. The quantitative estimate of drug-likeness (QED) is 0.0261. The van der Waals surface area contributed by atoms with Crippen LogP contribution in [0.3, 0.4) is 0 Å². The Balaban J connectivity index is 4.35. The van der Waals surface area contributed by atoms with E-state index in [4.69, 9.17) is 14.2 Å². The van der Waals surface area contributed by atoms with E-state index in [0.717, 1.165) is 116 Å². The van der Waals surface area contributed by atoms with Crippen molar-refractivity contribution in [2.45, 2.75) is 329 Å². The molecule has 0 aliphatic carbocycles. The van der Waals surface area contributed by atoms with Gasteiger partial charge in [-0.15, -0.1) is 0 Å². The Labute approximate surface area is 483 Å². The average molecular weight is 1090 g/mol. The second-order valence-electron chi connectivity index (χ2n) is 22.0. The summed E-state index contributed by atoms with van der Waals surface area (Å²) in [7, 11) is 0. The summed E-state index contributed by atoms with van der Waals surface area (Å²) in [5, 5.41) is 0. The van der Waals surface area contributed by atoms with Gasteiger partial charge in [0.15, 0.2) is 6.10 Å². The molecule has 0 aromatic rings. The molecule has 0 amide bonds. The van der Waals surface area contributed by atoms with E-state index in [1.807, 2.05) is 0 Å². The molecule has 0 fully saturated rings. The van der Waals surface area contributed by atoms with Crippen LogP contribution >= 0.6 is 0 Å². The normalized spacial score (nSPS) is 12.7. The summed E-state index contributed by atoms with van der Waals surface area (Å²) in [5.41, 5.74) is 0. The third kappa shape index (κ3) is 63.2. The van der Waals surface area contributed by atoms with Crippen LogP contribution in [0, 0.1) is 0 Å². The molecule has 448 valence electrons. The van der Waals surface area contributed by atoms with Crippen LogP contribution in [-0.4, -0.2) is 37.2 Å². The fourth-order valence-corrected chi connectivity index (χ4v) is 9.36. The van der Waals surface area contributed by atoms with E-state index in [1.54, 1.807) is 0 Å². The van der Waals surface area contributed by atoms with Crippen LogP contribution in [0.25, 0.3) is 0 Å². The molecule has 0 aromatic carbocycles. The lowest BCUT2D eigenvalue weighted by Crippen LogP contribution is -2.30. The molecule has 6 heteroatoms. The Morgan fingerprint density at radius 2 is 0.500 bits per heavy atom. The summed E-state index contributed by atoms with van der Waals surface area (Å²) in [6.45, 7) is 6.50. The lowest BCUT2D eigenvalue weighted by atomic mass is 10.0. The number of unbranched alkanes of at least 4 members (excludes halogenated alkanes) is 33. The zero-order valence-corrected chi connectivity index (χ0v) is 51.4. The van der Waals surface area contributed by atoms with Gasteiger partial charge in [-0.3, -0.25) is 14.4 Å². The van der Waals surface area contributed by atoms with Gasteiger partial charge in [0, 0.05) is 19.3 Å². The molecule has 0 saturated heterocycles. The predicted octanol–water partition coefficient (Wildman–Crippen LogP) is 22.8. The number of carbonyl (C=O) groups excluding carboxylic acids is 3. The number of hydrogen-bond acceptors (Lipinski definition) is 6. The summed E-state index contributed by atoms with van der Waals surface area (Å²) >= 11 is 0. The molecule has 0 aliphatic heterocycles. The standard InChI is InChI=1S/C72H124O6/c1-4-7-10-13-16-19-22-25-27-29-31-33-35-36-38-39-41-43-45-47-50-53-56-59-62-65-71(74)77-68-69(67-76-70(73)64-61-58-55-52-49-24-21-18-15-12-9-6-3)78-72(75)66-63-60-57-54-51-48-46-44-42-40-37-34-32-30-28-26-23-20-17-14-11-8-5-2/h7,10,16,18-19,21,25,27,31,33,36,38,41,43,47,50,69H,4-6,8-9,11-15,17,20,22-24,26,28-30,32,34-35,37,39-40,42,44-46,48-49,51-68H2,1-3H3/b10-7-,19-16-,21-18-,27-25-,33-31-,38-36-,43-41-,50-47-. The van der Waals surface area contributed by atoms with Crippen LogP contribution in [0.1, 0.15) is 323 Å². The Morgan fingerprint density at radius 1 is 0.269 bits per heavy atom. The molecule has 0 N–H and O–H groups in total. The van der Waals surface area contributed by atoms with E-state index in [9.17, 15) is 14.4 Å². The number of rotatable bonds is 60. The van der Waals surface area contributed by atoms with Crippen molar-refractivity contribution in [1.29, 1.82) is 0 Å². The van der Waals surface area contributed by atoms with E-state index >= 15 is 0 Å². The minimum atomic E-state index is -0.795. The molecule has 0 rings (SSSR count). The molecule has 0 radical (unpaired) electrons. The summed E-state index contributed by atoms with van der Waals surface area (Å²) in [6, 6.07) is 0. The fraction of sp³-hybridized carbons (Fsp3) is 0.736. The molecule has 0 saturated carbocycles. The van der Waals surface area contributed by atoms with Crippen LogP contribution in [0.5, 0.6) is 0 Å². The molecular weight excluding hydrogens is 961 g/mol. The van der Waals surface area contributed by atoms with Gasteiger partial charge in [0.25, 0.3) is 0 Å². The van der Waals surface area contributed by atoms with Crippen molar-refractivity contribution in [3.05, 3.63) is 97.2 Å². The highest BCUT2D eigenvalue weighted by Crippen LogP contribution is 2.17. The molecule has 1 unspecified atom stereocenters. The highest BCUT2D eigenvalue weighted by molar-refractivity contribution is 5.71. The zero-order chi connectivity index (χ0) is 56.4. The van der Waals surface area contributed by atoms with Crippen molar-refractivity contribution >= 4 is 17.9 Å². The third-order valence-corrected chi connectivity index (χ3v) is 14.3. The first kappa shape index (κ1) is 74.3. The van der Waals surface area contributed by atoms with Gasteiger partial charge in [-0.2, -0.15) is 0 Å². The summed E-state index contributed by atoms with van der Waals surface area (Å²) in [4.78, 5) is 38.3. The fourth-order valence-electron chi connectivity index (χ4n) is 9.36. The van der Waals surface area contributed by atoms with E-state index in [1.165, 1.54) is 167 Å². The first-order valence-corrected chi connectivity index (χ1v) is 33.2. The van der Waals surface area contributed by atoms with Gasteiger partial charge < -0.3 is 14.2 Å². The molecular formula is C72H124O6. The van der Waals surface area contributed by atoms with Gasteiger partial charge in [0.1, 0.15) is 13.2 Å². The Hall–Kier alpha value is -3.67. The lowest BCUT2D eigenvalue weighted by Gasteiger charge is -2.18. The van der Waals surface area contributed by atoms with Gasteiger partial charge in [-0.25, -0.2) is 0 Å². The van der Waals surface area contributed by atoms with Crippen LogP contribution in [-0.2, 0) is 28.6 Å². The van der Waals surface area contributed by atoms with Crippen molar-refractivity contribution in [2.24, 2.45) is 0 Å². The van der Waals surface area contributed by atoms with Crippen LogP contribution in [0.4, 0.5) is 0 Å². The molecule has 0 aliphatic rings. The lowest BCUT2D eigenvalue weighted by molar-refractivity contribution is -0.167. The zero-order valence-electron chi connectivity index (χ0n) is 51.4. The predicted molar refractivity (Wildman–Crippen MR) is 339 cm³/mol. The molecule has 0 bridgehead atoms. The van der Waals surface area contributed by atoms with E-state index in [0.29, 0.717) is 19.3 Å². The number of esters is 3. The number of hydrogen-bond donors (Lipinski definition) is 0. The van der Waals surface area contributed by atoms with Crippen molar-refractivity contribution in [1.82, 2.24) is 0 Å². The largest absolute Gasteiger partial charge is 0.462 e. The van der Waals surface area contributed by atoms with Gasteiger partial charge in [0.05, 0.1) is 0 Å². The van der Waals surface area contributed by atoms with Gasteiger partial charge >= 0.3 is 17.9 Å². The van der Waals surface area contributed by atoms with Crippen LogP contribution in [0.15, 0.2) is 97.2 Å². The van der Waals surface area contributed by atoms with Crippen molar-refractivity contribution in [3.8, 4) is 0 Å². The SMILES string of the molecule is CC/C=C\C/C=C\C/C=C\C/C=C\C/C=C\C/C=C\C/C=C\CCCCCC(=O)OCC(COC(=O)CCCCCCC/C=C\CCCCC)OC(=O)CCCCCCCCCCCCCCCCCCCCCCCCC. The molecule has 0 aromatic heterocycles. The topological polar surface area (TPSA) is 78.9 Å². The second-order valence-corrected chi connectivity index (χ2v) is 22.0. The number of allylic oxidation sites excluding steroid dienone is 16. The van der Waals surface area contributed by atoms with Crippen molar-refractivity contribution in [2.75, 3.05) is 13.2 Å². The average Bonchev–Trinajstić information content (AvgIpc) is 3.44. The first-order valence-electron chi connectivity index (χ1n) is 33.2. The minimum absolute atomic E-state index is 0.0905. The number of ether oxygens (including phenoxy) is 3. The first-order chi connectivity index (χ1) is 38.5. The molecule has 78 heavy (non-hydrogen) atoms. The minimum Gasteiger partial charge on any atom is -0.462 e. The molecule has 1 atom stereocenters. The summed E-state index contributed by atoms with van der Waals surface area (Å²) in [5.74, 6) is -0.920. The smallest absolute Gasteiger partial charge is 0.306 e. The Kier molecular flexibility index (Phi) is 62.7. The summed E-state index contributed by atoms with van der Waals surface area (Å²) < 4.78 is 16.9. The highest BCUT2D eigenvalue weighted by Gasteiger charge is 2.19. The maximum atomic E-state index is 12.9. The molecule has 6 nitrogen and oxygen atoms in total. The Bertz CT molecular complexity index is 1530. The second kappa shape index (κ2) is 65.8. The number of carbonyl (C=O) groups is 3. The Morgan fingerprint density at radius 3 is 0.833 bits per heavy atom. The van der Waals surface area contributed by atoms with Crippen molar-refractivity contribution < 1.29 is 28.6 Å². The maximum Gasteiger partial charge on any atom is 0.306 e. The van der Waals surface area contributed by atoms with E-state index in [-0.39, 0.29) is 31.1 Å². The van der Waals surface area contributed by atoms with Crippen LogP contribution < -0.4 is 0 Å². The maximum absolute atomic E-state index is 12.9. The molecule has 0 heterocycles. The molecule has 0 spiro atoms. The van der Waals surface area contributed by atoms with Crippen molar-refractivity contribution in [3.63, 3.8) is 0 Å². The van der Waals surface area contributed by atoms with E-state index < -0.39 is 6.10 Å². The van der Waals surface area contributed by atoms with Crippen LogP contribution in [0.2, 0.25) is 0 Å². The van der Waals surface area contributed by atoms with Gasteiger partial charge in [-0.05, 0) is 103 Å².